The van der Waals surface area contributed by atoms with E-state index in [4.69, 9.17) is 41.2 Å². The lowest BCUT2D eigenvalue weighted by molar-refractivity contribution is -0.121. The molecule has 2 rings (SSSR count). The van der Waals surface area contributed by atoms with Crippen molar-refractivity contribution in [3.05, 3.63) is 33.8 Å². The lowest BCUT2D eigenvalue weighted by Gasteiger charge is -2.37. The van der Waals surface area contributed by atoms with Crippen LogP contribution in [0, 0.1) is 0 Å². The highest BCUT2D eigenvalue weighted by Gasteiger charge is 2.36. The second kappa shape index (κ2) is 6.95. The van der Waals surface area contributed by atoms with Gasteiger partial charge in [0.15, 0.2) is 0 Å². The molecule has 1 aliphatic carbocycles. The normalized spacial score (nSPS) is 17.2. The molecule has 0 aromatic heterocycles. The Balaban J connectivity index is 2.05. The zero-order valence-corrected chi connectivity index (χ0v) is 14.0. The van der Waals surface area contributed by atoms with Crippen molar-refractivity contribution in [2.45, 2.75) is 44.1 Å². The summed E-state index contributed by atoms with van der Waals surface area (Å²) in [6.45, 7) is 0. The minimum atomic E-state index is -0.527. The van der Waals surface area contributed by atoms with Crippen LogP contribution in [-0.4, -0.2) is 16.4 Å². The van der Waals surface area contributed by atoms with E-state index in [0.717, 1.165) is 37.7 Å². The fourth-order valence-electron chi connectivity index (χ4n) is 2.73. The Morgan fingerprint density at radius 3 is 2.48 bits per heavy atom. The number of carbonyl (C=O) groups is 1. The molecule has 0 unspecified atom stereocenters. The minimum Gasteiger partial charge on any atom is -0.391 e. The van der Waals surface area contributed by atoms with Crippen LogP contribution in [0.3, 0.4) is 0 Å². The monoisotopic (exact) mass is 344 g/mol. The van der Waals surface area contributed by atoms with Gasteiger partial charge in [0.1, 0.15) is 0 Å². The third-order valence-corrected chi connectivity index (χ3v) is 5.04. The van der Waals surface area contributed by atoms with Gasteiger partial charge in [0, 0.05) is 0 Å². The first-order valence-corrected chi connectivity index (χ1v) is 8.14. The van der Waals surface area contributed by atoms with Crippen LogP contribution >= 0.6 is 35.4 Å². The van der Waals surface area contributed by atoms with Gasteiger partial charge in [0.25, 0.3) is 0 Å². The summed E-state index contributed by atoms with van der Waals surface area (Å²) in [7, 11) is 0. The highest BCUT2D eigenvalue weighted by molar-refractivity contribution is 7.80. The van der Waals surface area contributed by atoms with Crippen molar-refractivity contribution in [1.82, 2.24) is 5.32 Å². The molecule has 1 aromatic rings. The van der Waals surface area contributed by atoms with Crippen LogP contribution in [0.2, 0.25) is 10.0 Å². The van der Waals surface area contributed by atoms with E-state index in [0.29, 0.717) is 15.0 Å². The number of nitrogens with one attached hydrogen (secondary N) is 1. The smallest absolute Gasteiger partial charge is 0.225 e. The summed E-state index contributed by atoms with van der Waals surface area (Å²) >= 11 is 17.0. The number of thiocarbonyl (C=S) groups is 1. The predicted octanol–water partition coefficient (Wildman–Crippen LogP) is 3.64. The van der Waals surface area contributed by atoms with Crippen molar-refractivity contribution in [2.24, 2.45) is 5.73 Å². The van der Waals surface area contributed by atoms with E-state index >= 15 is 0 Å². The van der Waals surface area contributed by atoms with Gasteiger partial charge >= 0.3 is 0 Å². The summed E-state index contributed by atoms with van der Waals surface area (Å²) in [5.74, 6) is -0.0944. The predicted molar refractivity (Wildman–Crippen MR) is 90.9 cm³/mol. The Morgan fingerprint density at radius 1 is 1.24 bits per heavy atom. The molecule has 1 amide bonds. The van der Waals surface area contributed by atoms with Crippen LogP contribution < -0.4 is 11.1 Å². The molecule has 0 aliphatic heterocycles. The third-order valence-electron chi connectivity index (χ3n) is 3.91. The van der Waals surface area contributed by atoms with Gasteiger partial charge in [0.05, 0.1) is 27.0 Å². The fraction of sp³-hybridized carbons (Fsp3) is 0.467. The van der Waals surface area contributed by atoms with Crippen molar-refractivity contribution >= 4 is 46.3 Å². The molecular formula is C15H18Cl2N2OS. The van der Waals surface area contributed by atoms with Crippen molar-refractivity contribution in [3.63, 3.8) is 0 Å². The van der Waals surface area contributed by atoms with Gasteiger partial charge in [-0.2, -0.15) is 0 Å². The number of carbonyl (C=O) groups excluding carboxylic acids is 1. The molecule has 1 aliphatic rings. The van der Waals surface area contributed by atoms with E-state index in [-0.39, 0.29) is 12.3 Å². The van der Waals surface area contributed by atoms with Crippen LogP contribution in [0.4, 0.5) is 0 Å². The Bertz CT molecular complexity index is 557. The average Bonchev–Trinajstić information content (AvgIpc) is 2.43. The van der Waals surface area contributed by atoms with Crippen LogP contribution in [0.25, 0.3) is 0 Å². The van der Waals surface area contributed by atoms with Crippen molar-refractivity contribution < 1.29 is 4.79 Å². The van der Waals surface area contributed by atoms with E-state index in [9.17, 15) is 4.79 Å². The number of nitrogens with two attached hydrogens (primary N) is 1. The molecule has 0 radical (unpaired) electrons. The van der Waals surface area contributed by atoms with Crippen molar-refractivity contribution in [2.75, 3.05) is 0 Å². The first-order chi connectivity index (χ1) is 9.93. The summed E-state index contributed by atoms with van der Waals surface area (Å²) in [5, 5.41) is 3.96. The summed E-state index contributed by atoms with van der Waals surface area (Å²) < 4.78 is 0. The van der Waals surface area contributed by atoms with E-state index in [1.165, 1.54) is 0 Å². The maximum Gasteiger partial charge on any atom is 0.225 e. The number of hydrogen-bond acceptors (Lipinski definition) is 2. The molecule has 1 saturated carbocycles. The van der Waals surface area contributed by atoms with E-state index < -0.39 is 5.54 Å². The Morgan fingerprint density at radius 2 is 1.90 bits per heavy atom. The Hall–Kier alpha value is -0.840. The van der Waals surface area contributed by atoms with Crippen molar-refractivity contribution in [1.29, 1.82) is 0 Å². The van der Waals surface area contributed by atoms with Crippen LogP contribution in [-0.2, 0) is 11.2 Å². The van der Waals surface area contributed by atoms with Gasteiger partial charge in [0.2, 0.25) is 5.91 Å². The first-order valence-electron chi connectivity index (χ1n) is 6.98. The van der Waals surface area contributed by atoms with Crippen LogP contribution in [0.5, 0.6) is 0 Å². The zero-order valence-electron chi connectivity index (χ0n) is 11.6. The summed E-state index contributed by atoms with van der Waals surface area (Å²) in [6.07, 6.45) is 5.09. The molecule has 0 spiro atoms. The number of amides is 1. The number of rotatable bonds is 4. The highest BCUT2D eigenvalue weighted by Crippen LogP contribution is 2.29. The van der Waals surface area contributed by atoms with Gasteiger partial charge in [-0.3, -0.25) is 4.79 Å². The van der Waals surface area contributed by atoms with E-state index in [2.05, 4.69) is 5.32 Å². The first kappa shape index (κ1) is 16.5. The SMILES string of the molecule is NC(=S)C1(NC(=O)Cc2ccc(Cl)c(Cl)c2)CCCCC1. The number of hydrogen-bond donors (Lipinski definition) is 2. The molecule has 0 bridgehead atoms. The molecule has 1 aromatic carbocycles. The lowest BCUT2D eigenvalue weighted by Crippen LogP contribution is -2.58. The van der Waals surface area contributed by atoms with E-state index in [1.54, 1.807) is 18.2 Å². The summed E-state index contributed by atoms with van der Waals surface area (Å²) in [4.78, 5) is 12.7. The van der Waals surface area contributed by atoms with Crippen LogP contribution in [0.1, 0.15) is 37.7 Å². The molecule has 114 valence electrons. The summed E-state index contributed by atoms with van der Waals surface area (Å²) in [5.41, 5.74) is 6.15. The number of benzene rings is 1. The topological polar surface area (TPSA) is 55.1 Å². The largest absolute Gasteiger partial charge is 0.391 e. The molecule has 3 nitrogen and oxygen atoms in total. The molecular weight excluding hydrogens is 327 g/mol. The van der Waals surface area contributed by atoms with Gasteiger partial charge in [-0.05, 0) is 30.5 Å². The lowest BCUT2D eigenvalue weighted by atomic mass is 9.81. The molecule has 6 heteroatoms. The maximum absolute atomic E-state index is 12.3. The quantitative estimate of drug-likeness (QED) is 0.819. The van der Waals surface area contributed by atoms with Gasteiger partial charge in [-0.15, -0.1) is 0 Å². The fourth-order valence-corrected chi connectivity index (χ4v) is 3.31. The van der Waals surface area contributed by atoms with Gasteiger partial charge in [-0.1, -0.05) is 60.7 Å². The molecule has 0 heterocycles. The molecule has 0 saturated heterocycles. The van der Waals surface area contributed by atoms with Gasteiger partial charge < -0.3 is 11.1 Å². The average molecular weight is 345 g/mol. The molecule has 21 heavy (non-hydrogen) atoms. The molecule has 1 fully saturated rings. The van der Waals surface area contributed by atoms with Crippen molar-refractivity contribution in [3.8, 4) is 0 Å². The van der Waals surface area contributed by atoms with Gasteiger partial charge in [-0.25, -0.2) is 0 Å². The zero-order chi connectivity index (χ0) is 15.5. The molecule has 3 N–H and O–H groups in total. The maximum atomic E-state index is 12.3. The van der Waals surface area contributed by atoms with E-state index in [1.807, 2.05) is 0 Å². The second-order valence-electron chi connectivity index (χ2n) is 5.48. The second-order valence-corrected chi connectivity index (χ2v) is 6.73. The molecule has 0 atom stereocenters. The third kappa shape index (κ3) is 4.09. The Labute approximate surface area is 140 Å². The number of halogens is 2. The van der Waals surface area contributed by atoms with Crippen LogP contribution in [0.15, 0.2) is 18.2 Å². The summed E-state index contributed by atoms with van der Waals surface area (Å²) in [6, 6.07) is 5.19. The Kier molecular flexibility index (Phi) is 5.47. The minimum absolute atomic E-state index is 0.0944. The highest BCUT2D eigenvalue weighted by atomic mass is 35.5. The standard InChI is InChI=1S/C15H18Cl2N2OS/c16-11-5-4-10(8-12(11)17)9-13(20)19-15(14(18)21)6-2-1-3-7-15/h4-5,8H,1-3,6-7,9H2,(H2,18,21)(H,19,20).